The quantitative estimate of drug-likeness (QED) is 0.615. The number of hydrogen-bond acceptors (Lipinski definition) is 4. The Bertz CT molecular complexity index is 696. The summed E-state index contributed by atoms with van der Waals surface area (Å²) in [6.45, 7) is 0. The van der Waals surface area contributed by atoms with Crippen molar-refractivity contribution in [2.75, 3.05) is 0 Å². The summed E-state index contributed by atoms with van der Waals surface area (Å²) in [6.07, 6.45) is 2.34. The molecular formula is C21H20O4. The summed E-state index contributed by atoms with van der Waals surface area (Å²) in [5, 5.41) is 0. The van der Waals surface area contributed by atoms with Gasteiger partial charge in [0.05, 0.1) is 17.8 Å². The van der Waals surface area contributed by atoms with Crippen molar-refractivity contribution in [3.05, 3.63) is 35.9 Å². The molecule has 2 aliphatic carbocycles. The highest BCUT2D eigenvalue weighted by molar-refractivity contribution is 6.09. The highest BCUT2D eigenvalue weighted by atomic mass is 16.2. The van der Waals surface area contributed by atoms with Gasteiger partial charge in [0.2, 0.25) is 0 Å². The minimum atomic E-state index is -0.944. The van der Waals surface area contributed by atoms with Crippen LogP contribution in [0.25, 0.3) is 0 Å². The normalized spacial score (nSPS) is 19.9. The zero-order valence-electron chi connectivity index (χ0n) is 14.0. The van der Waals surface area contributed by atoms with E-state index >= 15 is 0 Å². The fraction of sp³-hybridized carbons (Fsp3) is 0.429. The fourth-order valence-corrected chi connectivity index (χ4v) is 3.70. The maximum atomic E-state index is 12.4. The summed E-state index contributed by atoms with van der Waals surface area (Å²) < 4.78 is 0. The lowest BCUT2D eigenvalue weighted by molar-refractivity contribution is -0.142. The number of Topliss-reactive ketones (excluding diaryl/α,β-unsaturated/α-hetero) is 4. The van der Waals surface area contributed by atoms with Gasteiger partial charge in [0.25, 0.3) is 0 Å². The maximum absolute atomic E-state index is 12.4. The number of hydrogen-bond donors (Lipinski definition) is 0. The highest BCUT2D eigenvalue weighted by Gasteiger charge is 2.45. The molecule has 1 aromatic rings. The third-order valence-corrected chi connectivity index (χ3v) is 4.96. The molecule has 0 amide bonds. The monoisotopic (exact) mass is 336 g/mol. The van der Waals surface area contributed by atoms with Crippen LogP contribution in [0.5, 0.6) is 0 Å². The lowest BCUT2D eigenvalue weighted by Gasteiger charge is -2.31. The average Bonchev–Trinajstić information content (AvgIpc) is 2.59. The predicted octanol–water partition coefficient (Wildman–Crippen LogP) is 2.53. The molecule has 0 spiro atoms. The van der Waals surface area contributed by atoms with Crippen LogP contribution in [0, 0.1) is 29.6 Å². The van der Waals surface area contributed by atoms with Crippen LogP contribution in [0.1, 0.15) is 44.1 Å². The van der Waals surface area contributed by atoms with Gasteiger partial charge in [-0.1, -0.05) is 30.0 Å². The van der Waals surface area contributed by atoms with Crippen molar-refractivity contribution in [2.45, 2.75) is 38.5 Å². The van der Waals surface area contributed by atoms with Gasteiger partial charge in [-0.2, -0.15) is 0 Å². The van der Waals surface area contributed by atoms with Crippen LogP contribution in [-0.2, 0) is 19.2 Å². The molecule has 0 heterocycles. The van der Waals surface area contributed by atoms with Gasteiger partial charge in [0, 0.05) is 31.2 Å². The Morgan fingerprint density at radius 1 is 0.720 bits per heavy atom. The Kier molecular flexibility index (Phi) is 5.23. The van der Waals surface area contributed by atoms with Crippen LogP contribution in [-0.4, -0.2) is 23.1 Å². The second-order valence-corrected chi connectivity index (χ2v) is 6.69. The number of rotatable bonds is 2. The molecule has 0 bridgehead atoms. The van der Waals surface area contributed by atoms with Gasteiger partial charge in [0.15, 0.2) is 0 Å². The van der Waals surface area contributed by atoms with Gasteiger partial charge < -0.3 is 0 Å². The van der Waals surface area contributed by atoms with E-state index in [1.54, 1.807) is 0 Å². The summed E-state index contributed by atoms with van der Waals surface area (Å²) in [7, 11) is 0. The molecule has 2 aliphatic rings. The van der Waals surface area contributed by atoms with E-state index < -0.39 is 17.8 Å². The van der Waals surface area contributed by atoms with Gasteiger partial charge in [0.1, 0.15) is 23.1 Å². The SMILES string of the molecule is O=C1CCCC(=O)C1C(C#Cc1ccccc1)C1C(=O)CCCC1=O. The van der Waals surface area contributed by atoms with Crippen molar-refractivity contribution in [1.82, 2.24) is 0 Å². The van der Waals surface area contributed by atoms with Crippen LogP contribution in [0.2, 0.25) is 0 Å². The van der Waals surface area contributed by atoms with Gasteiger partial charge in [-0.15, -0.1) is 0 Å². The molecule has 1 aromatic carbocycles. The molecule has 0 aliphatic heterocycles. The molecule has 0 saturated heterocycles. The standard InChI is InChI=1S/C21H20O4/c22-16-8-4-9-17(23)20(16)15(13-12-14-6-2-1-3-7-14)21-18(24)10-5-11-19(21)25/h1-3,6-7,15,20-21H,4-5,8-11H2. The van der Waals surface area contributed by atoms with Crippen molar-refractivity contribution in [3.8, 4) is 11.8 Å². The molecule has 0 aromatic heterocycles. The topological polar surface area (TPSA) is 68.3 Å². The van der Waals surface area contributed by atoms with E-state index in [-0.39, 0.29) is 23.1 Å². The smallest absolute Gasteiger partial charge is 0.144 e. The number of benzene rings is 1. The first kappa shape index (κ1) is 17.3. The van der Waals surface area contributed by atoms with Crippen LogP contribution in [0.4, 0.5) is 0 Å². The van der Waals surface area contributed by atoms with Crippen molar-refractivity contribution in [1.29, 1.82) is 0 Å². The van der Waals surface area contributed by atoms with E-state index in [4.69, 9.17) is 0 Å². The van der Waals surface area contributed by atoms with Crippen molar-refractivity contribution >= 4 is 23.1 Å². The zero-order valence-corrected chi connectivity index (χ0v) is 14.0. The molecule has 128 valence electrons. The van der Waals surface area contributed by atoms with Crippen molar-refractivity contribution in [3.63, 3.8) is 0 Å². The Morgan fingerprint density at radius 2 is 1.16 bits per heavy atom. The second-order valence-electron chi connectivity index (χ2n) is 6.69. The number of ketones is 4. The van der Waals surface area contributed by atoms with E-state index in [0.717, 1.165) is 5.56 Å². The minimum absolute atomic E-state index is 0.185. The summed E-state index contributed by atoms with van der Waals surface area (Å²) >= 11 is 0. The largest absolute Gasteiger partial charge is 0.299 e. The van der Waals surface area contributed by atoms with Gasteiger partial charge in [-0.3, -0.25) is 19.2 Å². The molecule has 0 atom stereocenters. The average molecular weight is 336 g/mol. The Morgan fingerprint density at radius 3 is 1.60 bits per heavy atom. The third kappa shape index (κ3) is 3.76. The van der Waals surface area contributed by atoms with Crippen LogP contribution in [0.15, 0.2) is 30.3 Å². The van der Waals surface area contributed by atoms with E-state index in [0.29, 0.717) is 38.5 Å². The number of carbonyl (C=O) groups excluding carboxylic acids is 4. The second kappa shape index (κ2) is 7.57. The lowest BCUT2D eigenvalue weighted by Crippen LogP contribution is -2.44. The Labute approximate surface area is 147 Å². The highest BCUT2D eigenvalue weighted by Crippen LogP contribution is 2.34. The minimum Gasteiger partial charge on any atom is -0.299 e. The molecule has 25 heavy (non-hydrogen) atoms. The number of carbonyl (C=O) groups is 4. The van der Waals surface area contributed by atoms with Crippen molar-refractivity contribution in [2.24, 2.45) is 17.8 Å². The van der Waals surface area contributed by atoms with E-state index in [2.05, 4.69) is 11.8 Å². The van der Waals surface area contributed by atoms with E-state index in [9.17, 15) is 19.2 Å². The molecule has 4 nitrogen and oxygen atoms in total. The fourth-order valence-electron chi connectivity index (χ4n) is 3.70. The summed E-state index contributed by atoms with van der Waals surface area (Å²) in [6, 6.07) is 9.18. The lowest BCUT2D eigenvalue weighted by atomic mass is 9.68. The molecule has 4 heteroatoms. The van der Waals surface area contributed by atoms with E-state index in [1.165, 1.54) is 0 Å². The molecule has 0 unspecified atom stereocenters. The maximum Gasteiger partial charge on any atom is 0.144 e. The van der Waals surface area contributed by atoms with Gasteiger partial charge in [-0.25, -0.2) is 0 Å². The molecular weight excluding hydrogens is 316 g/mol. The Hall–Kier alpha value is -2.54. The first-order valence-electron chi connectivity index (χ1n) is 8.75. The van der Waals surface area contributed by atoms with Gasteiger partial charge >= 0.3 is 0 Å². The zero-order chi connectivity index (χ0) is 17.8. The first-order chi connectivity index (χ1) is 12.1. The van der Waals surface area contributed by atoms with Gasteiger partial charge in [-0.05, 0) is 25.0 Å². The first-order valence-corrected chi connectivity index (χ1v) is 8.75. The molecule has 0 radical (unpaired) electrons. The molecule has 0 N–H and O–H groups in total. The van der Waals surface area contributed by atoms with Crippen LogP contribution in [0.3, 0.4) is 0 Å². The molecule has 2 saturated carbocycles. The molecule has 3 rings (SSSR count). The third-order valence-electron chi connectivity index (χ3n) is 4.96. The van der Waals surface area contributed by atoms with Crippen LogP contribution >= 0.6 is 0 Å². The summed E-state index contributed by atoms with van der Waals surface area (Å²) in [5.41, 5.74) is 0.735. The van der Waals surface area contributed by atoms with Crippen molar-refractivity contribution < 1.29 is 19.2 Å². The Balaban J connectivity index is 2.00. The molecule has 2 fully saturated rings. The summed E-state index contributed by atoms with van der Waals surface area (Å²) in [5.74, 6) is 2.47. The predicted molar refractivity (Wildman–Crippen MR) is 91.5 cm³/mol. The van der Waals surface area contributed by atoms with E-state index in [1.807, 2.05) is 30.3 Å². The summed E-state index contributed by atoms with van der Waals surface area (Å²) in [4.78, 5) is 49.6. The van der Waals surface area contributed by atoms with Crippen LogP contribution < -0.4 is 0 Å².